The fourth-order valence-corrected chi connectivity index (χ4v) is 2.85. The number of hydrogen-bond donors (Lipinski definition) is 1. The topological polar surface area (TPSA) is 117 Å². The van der Waals surface area contributed by atoms with Gasteiger partial charge in [-0.25, -0.2) is 9.78 Å². The van der Waals surface area contributed by atoms with Gasteiger partial charge < -0.3 is 19.1 Å². The molecule has 3 aromatic rings. The van der Waals surface area contributed by atoms with Crippen LogP contribution in [0, 0.1) is 10.1 Å². The van der Waals surface area contributed by atoms with E-state index in [1.807, 2.05) is 0 Å². The Morgan fingerprint density at radius 2 is 2.03 bits per heavy atom. The Labute approximate surface area is 172 Å². The van der Waals surface area contributed by atoms with Crippen molar-refractivity contribution in [1.82, 2.24) is 9.55 Å². The Bertz CT molecular complexity index is 1020. The molecule has 1 atom stereocenters. The minimum absolute atomic E-state index is 0.0192. The molecular weight excluding hydrogens is 390 g/mol. The maximum absolute atomic E-state index is 11.7. The Balaban J connectivity index is 1.60. The van der Waals surface area contributed by atoms with Crippen molar-refractivity contribution < 1.29 is 24.3 Å². The molecule has 9 heteroatoms. The average molecular weight is 411 g/mol. The first-order valence-corrected chi connectivity index (χ1v) is 9.32. The lowest BCUT2D eigenvalue weighted by Gasteiger charge is -2.15. The number of aliphatic hydroxyl groups excluding tert-OH is 1. The Hall–Kier alpha value is -3.72. The van der Waals surface area contributed by atoms with Crippen LogP contribution in [0.5, 0.6) is 5.75 Å². The molecule has 1 aromatic heterocycles. The zero-order chi connectivity index (χ0) is 21.5. The first-order valence-electron chi connectivity index (χ1n) is 9.32. The Morgan fingerprint density at radius 3 is 2.73 bits per heavy atom. The zero-order valence-corrected chi connectivity index (χ0v) is 16.3. The number of imidazole rings is 1. The van der Waals surface area contributed by atoms with Crippen LogP contribution in [0.25, 0.3) is 11.4 Å². The summed E-state index contributed by atoms with van der Waals surface area (Å²) in [7, 11) is 0. The van der Waals surface area contributed by atoms with Gasteiger partial charge in [0.25, 0.3) is 5.69 Å². The number of hydrogen-bond acceptors (Lipinski definition) is 7. The van der Waals surface area contributed by atoms with E-state index in [9.17, 15) is 20.0 Å². The number of aliphatic hydroxyl groups is 1. The maximum atomic E-state index is 11.7. The number of rotatable bonds is 9. The van der Waals surface area contributed by atoms with Crippen LogP contribution in [0.3, 0.4) is 0 Å². The lowest BCUT2D eigenvalue weighted by atomic mass is 10.2. The summed E-state index contributed by atoms with van der Waals surface area (Å²) in [5.41, 5.74) is 0.971. The summed E-state index contributed by atoms with van der Waals surface area (Å²) in [5.74, 6) is 0.612. The van der Waals surface area contributed by atoms with E-state index >= 15 is 0 Å². The quantitative estimate of drug-likeness (QED) is 0.327. The van der Waals surface area contributed by atoms with Crippen molar-refractivity contribution in [1.29, 1.82) is 0 Å². The molecule has 156 valence electrons. The third kappa shape index (κ3) is 5.21. The molecular formula is C21H21N3O6. The molecule has 0 spiro atoms. The highest BCUT2D eigenvalue weighted by Gasteiger charge is 2.14. The SMILES string of the molecule is CCOC(=O)c1ccc(OC[C@@H](O)Cn2ccnc2-c2cccc([N+](=O)[O-])c2)cc1. The predicted molar refractivity (Wildman–Crippen MR) is 108 cm³/mol. The van der Waals surface area contributed by atoms with Gasteiger partial charge >= 0.3 is 5.97 Å². The highest BCUT2D eigenvalue weighted by Crippen LogP contribution is 2.23. The summed E-state index contributed by atoms with van der Waals surface area (Å²) in [6, 6.07) is 12.6. The molecule has 0 aliphatic carbocycles. The summed E-state index contributed by atoms with van der Waals surface area (Å²) in [5, 5.41) is 21.3. The fraction of sp³-hybridized carbons (Fsp3) is 0.238. The van der Waals surface area contributed by atoms with Crippen LogP contribution >= 0.6 is 0 Å². The van der Waals surface area contributed by atoms with E-state index in [1.165, 1.54) is 12.1 Å². The van der Waals surface area contributed by atoms with E-state index < -0.39 is 17.0 Å². The molecule has 2 aromatic carbocycles. The number of carbonyl (C=O) groups is 1. The van der Waals surface area contributed by atoms with Crippen LogP contribution in [-0.2, 0) is 11.3 Å². The number of ether oxygens (including phenoxy) is 2. The second-order valence-corrected chi connectivity index (χ2v) is 6.42. The first kappa shape index (κ1) is 21.0. The van der Waals surface area contributed by atoms with Crippen LogP contribution in [0.1, 0.15) is 17.3 Å². The number of benzene rings is 2. The van der Waals surface area contributed by atoms with Crippen molar-refractivity contribution in [2.75, 3.05) is 13.2 Å². The number of non-ortho nitro benzene ring substituents is 1. The summed E-state index contributed by atoms with van der Waals surface area (Å²) in [4.78, 5) is 26.4. The van der Waals surface area contributed by atoms with Crippen molar-refractivity contribution >= 4 is 11.7 Å². The van der Waals surface area contributed by atoms with Gasteiger partial charge in [0.15, 0.2) is 0 Å². The third-order valence-electron chi connectivity index (χ3n) is 4.25. The van der Waals surface area contributed by atoms with Crippen molar-refractivity contribution in [2.45, 2.75) is 19.6 Å². The van der Waals surface area contributed by atoms with Gasteiger partial charge in [0.05, 0.1) is 23.6 Å². The smallest absolute Gasteiger partial charge is 0.338 e. The normalized spacial score (nSPS) is 11.7. The van der Waals surface area contributed by atoms with Crippen LogP contribution in [0.15, 0.2) is 60.9 Å². The molecule has 0 saturated carbocycles. The van der Waals surface area contributed by atoms with E-state index in [0.717, 1.165) is 0 Å². The average Bonchev–Trinajstić information content (AvgIpc) is 3.21. The molecule has 9 nitrogen and oxygen atoms in total. The molecule has 3 rings (SSSR count). The first-order chi connectivity index (χ1) is 14.5. The van der Waals surface area contributed by atoms with Crippen molar-refractivity contribution in [3.05, 3.63) is 76.6 Å². The van der Waals surface area contributed by atoms with Gasteiger partial charge in [0.1, 0.15) is 24.3 Å². The number of aromatic nitrogens is 2. The van der Waals surface area contributed by atoms with E-state index in [2.05, 4.69) is 4.98 Å². The van der Waals surface area contributed by atoms with E-state index in [4.69, 9.17) is 9.47 Å². The van der Waals surface area contributed by atoms with Crippen LogP contribution < -0.4 is 4.74 Å². The van der Waals surface area contributed by atoms with E-state index in [-0.39, 0.29) is 18.8 Å². The molecule has 0 aliphatic rings. The summed E-state index contributed by atoms with van der Waals surface area (Å²) < 4.78 is 12.2. The van der Waals surface area contributed by atoms with Gasteiger partial charge in [0.2, 0.25) is 0 Å². The van der Waals surface area contributed by atoms with Crippen molar-refractivity contribution in [2.24, 2.45) is 0 Å². The Morgan fingerprint density at radius 1 is 1.27 bits per heavy atom. The van der Waals surface area contributed by atoms with Gasteiger partial charge in [-0.3, -0.25) is 10.1 Å². The summed E-state index contributed by atoms with van der Waals surface area (Å²) in [6.07, 6.45) is 2.41. The minimum atomic E-state index is -0.846. The summed E-state index contributed by atoms with van der Waals surface area (Å²) in [6.45, 7) is 2.25. The molecule has 1 heterocycles. The molecule has 0 saturated heterocycles. The van der Waals surface area contributed by atoms with Gasteiger partial charge in [-0.05, 0) is 31.2 Å². The highest BCUT2D eigenvalue weighted by molar-refractivity contribution is 5.89. The predicted octanol–water partition coefficient (Wildman–Crippen LogP) is 3.07. The van der Waals surface area contributed by atoms with E-state index in [0.29, 0.717) is 29.3 Å². The Kier molecular flexibility index (Phi) is 6.76. The maximum Gasteiger partial charge on any atom is 0.338 e. The van der Waals surface area contributed by atoms with E-state index in [1.54, 1.807) is 60.3 Å². The van der Waals surface area contributed by atoms with Crippen molar-refractivity contribution in [3.8, 4) is 17.1 Å². The molecule has 30 heavy (non-hydrogen) atoms. The summed E-state index contributed by atoms with van der Waals surface area (Å²) >= 11 is 0. The van der Waals surface area contributed by atoms with Gasteiger partial charge in [-0.1, -0.05) is 12.1 Å². The number of nitro benzene ring substituents is 1. The second-order valence-electron chi connectivity index (χ2n) is 6.42. The number of carbonyl (C=O) groups excluding carboxylic acids is 1. The molecule has 1 N–H and O–H groups in total. The van der Waals surface area contributed by atoms with Crippen LogP contribution in [-0.4, -0.2) is 44.9 Å². The van der Waals surface area contributed by atoms with Gasteiger partial charge in [-0.15, -0.1) is 0 Å². The lowest BCUT2D eigenvalue weighted by molar-refractivity contribution is -0.384. The molecule has 0 aliphatic heterocycles. The van der Waals surface area contributed by atoms with Gasteiger partial charge in [0, 0.05) is 30.1 Å². The molecule has 0 unspecified atom stereocenters. The molecule has 0 fully saturated rings. The minimum Gasteiger partial charge on any atom is -0.491 e. The molecule has 0 amide bonds. The number of esters is 1. The lowest BCUT2D eigenvalue weighted by Crippen LogP contribution is -2.23. The zero-order valence-electron chi connectivity index (χ0n) is 16.3. The van der Waals surface area contributed by atoms with Crippen LogP contribution in [0.4, 0.5) is 5.69 Å². The second kappa shape index (κ2) is 9.66. The molecule has 0 radical (unpaired) electrons. The largest absolute Gasteiger partial charge is 0.491 e. The third-order valence-corrected chi connectivity index (χ3v) is 4.25. The fourth-order valence-electron chi connectivity index (χ4n) is 2.85. The van der Waals surface area contributed by atoms with Gasteiger partial charge in [-0.2, -0.15) is 0 Å². The molecule has 0 bridgehead atoms. The number of nitrogens with zero attached hydrogens (tertiary/aromatic N) is 3. The highest BCUT2D eigenvalue weighted by atomic mass is 16.6. The monoisotopic (exact) mass is 411 g/mol. The standard InChI is InChI=1S/C21H21N3O6/c1-2-29-21(26)15-6-8-19(9-7-15)30-14-18(25)13-23-11-10-22-20(23)16-4-3-5-17(12-16)24(27)28/h3-12,18,25H,2,13-14H2,1H3/t18-/m0/s1. The van der Waals surface area contributed by atoms with Crippen LogP contribution in [0.2, 0.25) is 0 Å². The number of nitro groups is 1. The van der Waals surface area contributed by atoms with Crippen molar-refractivity contribution in [3.63, 3.8) is 0 Å².